The predicted molar refractivity (Wildman–Crippen MR) is 37.5 cm³/mol. The van der Waals surface area contributed by atoms with Gasteiger partial charge in [-0.25, -0.2) is 0 Å². The fraction of sp³-hybridized carbons (Fsp3) is 0.833. The summed E-state index contributed by atoms with van der Waals surface area (Å²) in [4.78, 5) is 10.3. The Kier molecular flexibility index (Phi) is 7.91. The third-order valence-electron chi connectivity index (χ3n) is 1.82. The topological polar surface area (TPSA) is 162 Å². The van der Waals surface area contributed by atoms with Gasteiger partial charge >= 0.3 is 29.6 Å². The van der Waals surface area contributed by atoms with E-state index in [4.69, 9.17) is 20.4 Å². The van der Waals surface area contributed by atoms with Gasteiger partial charge in [0.15, 0.2) is 6.29 Å². The molecule has 1 fully saturated rings. The number of aliphatic carboxylic acids is 1. The first-order chi connectivity index (χ1) is 5.95. The van der Waals surface area contributed by atoms with Crippen molar-refractivity contribution in [3.05, 3.63) is 0 Å². The SMILES string of the molecule is O.O=C([O-])[C@H]1OC(O)[C@@H](O)[C@@H](O)[C@@H]1O.[Na+]. The van der Waals surface area contributed by atoms with Gasteiger partial charge in [-0.1, -0.05) is 0 Å². The van der Waals surface area contributed by atoms with Crippen molar-refractivity contribution in [2.75, 3.05) is 0 Å². The Hall–Kier alpha value is 0.230. The Morgan fingerprint density at radius 1 is 1.07 bits per heavy atom. The maximum absolute atomic E-state index is 10.3. The molecule has 84 valence electrons. The third-order valence-corrected chi connectivity index (χ3v) is 1.82. The smallest absolute Gasteiger partial charge is 0.547 e. The van der Waals surface area contributed by atoms with Gasteiger partial charge in [0.2, 0.25) is 0 Å². The van der Waals surface area contributed by atoms with Crippen molar-refractivity contribution >= 4 is 5.97 Å². The number of aliphatic hydroxyl groups is 4. The number of aliphatic hydroxyl groups excluding tert-OH is 4. The van der Waals surface area contributed by atoms with Crippen molar-refractivity contribution in [3.63, 3.8) is 0 Å². The first kappa shape index (κ1) is 17.6. The monoisotopic (exact) mass is 234 g/mol. The standard InChI is InChI=1S/C6H10O7.Na.H2O/c7-1-2(8)4(5(10)11)13-6(12)3(1)9;;/h1-4,6-9,12H,(H,10,11);;1H2/q;+1;/p-1/t1-,2-,3-,4-,6?;;/m0../s1. The normalized spacial score (nSPS) is 39.9. The van der Waals surface area contributed by atoms with Gasteiger partial charge in [-0.15, -0.1) is 0 Å². The summed E-state index contributed by atoms with van der Waals surface area (Å²) >= 11 is 0. The molecule has 1 heterocycles. The van der Waals surface area contributed by atoms with Gasteiger partial charge in [0.05, 0.1) is 5.97 Å². The van der Waals surface area contributed by atoms with Crippen molar-refractivity contribution in [2.45, 2.75) is 30.7 Å². The maximum Gasteiger partial charge on any atom is 1.00 e. The maximum atomic E-state index is 10.3. The number of carboxylic acids is 1. The van der Waals surface area contributed by atoms with Crippen molar-refractivity contribution in [2.24, 2.45) is 0 Å². The molecule has 1 aliphatic rings. The van der Waals surface area contributed by atoms with Crippen molar-refractivity contribution in [1.82, 2.24) is 0 Å². The minimum absolute atomic E-state index is 0. The summed E-state index contributed by atoms with van der Waals surface area (Å²) < 4.78 is 4.28. The molecular weight excluding hydrogens is 223 g/mol. The summed E-state index contributed by atoms with van der Waals surface area (Å²) in [5, 5.41) is 46.1. The number of hydrogen-bond acceptors (Lipinski definition) is 7. The predicted octanol–water partition coefficient (Wildman–Crippen LogP) is -8.28. The minimum Gasteiger partial charge on any atom is -0.547 e. The van der Waals surface area contributed by atoms with Crippen LogP contribution >= 0.6 is 0 Å². The zero-order valence-corrected chi connectivity index (χ0v) is 9.90. The van der Waals surface area contributed by atoms with Crippen molar-refractivity contribution in [3.8, 4) is 0 Å². The van der Waals surface area contributed by atoms with Crippen LogP contribution in [-0.4, -0.2) is 62.6 Å². The van der Waals surface area contributed by atoms with Crippen LogP contribution < -0.4 is 34.7 Å². The number of hydrogen-bond donors (Lipinski definition) is 4. The number of carboxylic acid groups (broad SMARTS) is 1. The van der Waals surface area contributed by atoms with Gasteiger partial charge in [0.1, 0.15) is 24.4 Å². The average molecular weight is 234 g/mol. The molecule has 0 spiro atoms. The van der Waals surface area contributed by atoms with Crippen molar-refractivity contribution in [1.29, 1.82) is 0 Å². The van der Waals surface area contributed by atoms with Gasteiger partial charge in [0.25, 0.3) is 0 Å². The van der Waals surface area contributed by atoms with Crippen molar-refractivity contribution < 1.29 is 70.1 Å². The summed E-state index contributed by atoms with van der Waals surface area (Å²) in [7, 11) is 0. The first-order valence-electron chi connectivity index (χ1n) is 3.53. The summed E-state index contributed by atoms with van der Waals surface area (Å²) in [6, 6.07) is 0. The van der Waals surface area contributed by atoms with E-state index in [-0.39, 0.29) is 35.0 Å². The number of rotatable bonds is 1. The van der Waals surface area contributed by atoms with E-state index in [1.807, 2.05) is 0 Å². The van der Waals surface area contributed by atoms with Gasteiger partial charge < -0.3 is 40.5 Å². The molecule has 9 heteroatoms. The van der Waals surface area contributed by atoms with E-state index in [2.05, 4.69) is 4.74 Å². The van der Waals surface area contributed by atoms with Crippen LogP contribution in [0.1, 0.15) is 0 Å². The zero-order chi connectivity index (χ0) is 10.2. The van der Waals surface area contributed by atoms with Crippen LogP contribution in [0, 0.1) is 0 Å². The molecule has 0 saturated carbocycles. The van der Waals surface area contributed by atoms with Gasteiger partial charge in [-0.05, 0) is 0 Å². The molecule has 1 aliphatic heterocycles. The second-order valence-corrected chi connectivity index (χ2v) is 2.74. The van der Waals surface area contributed by atoms with E-state index >= 15 is 0 Å². The Morgan fingerprint density at radius 2 is 1.53 bits per heavy atom. The van der Waals surface area contributed by atoms with E-state index in [1.165, 1.54) is 0 Å². The van der Waals surface area contributed by atoms with E-state index in [1.54, 1.807) is 0 Å². The molecule has 5 atom stereocenters. The molecule has 0 amide bonds. The van der Waals surface area contributed by atoms with Crippen LogP contribution in [0.15, 0.2) is 0 Å². The molecule has 0 aliphatic carbocycles. The molecular formula is C6H11NaO8. The van der Waals surface area contributed by atoms with E-state index in [9.17, 15) is 9.90 Å². The number of carbonyl (C=O) groups is 1. The fourth-order valence-electron chi connectivity index (χ4n) is 1.06. The van der Waals surface area contributed by atoms with Crippen LogP contribution in [-0.2, 0) is 9.53 Å². The second kappa shape index (κ2) is 6.74. The second-order valence-electron chi connectivity index (χ2n) is 2.74. The molecule has 8 nitrogen and oxygen atoms in total. The molecule has 1 saturated heterocycles. The fourth-order valence-corrected chi connectivity index (χ4v) is 1.06. The quantitative estimate of drug-likeness (QED) is 0.327. The number of ether oxygens (including phenoxy) is 1. The Bertz CT molecular complexity index is 211. The minimum atomic E-state index is -1.85. The molecule has 6 N–H and O–H groups in total. The Morgan fingerprint density at radius 3 is 1.93 bits per heavy atom. The van der Waals surface area contributed by atoms with Gasteiger partial charge in [-0.3, -0.25) is 0 Å². The summed E-state index contributed by atoms with van der Waals surface area (Å²) in [6.07, 6.45) is -9.00. The summed E-state index contributed by atoms with van der Waals surface area (Å²) in [6.45, 7) is 0. The van der Waals surface area contributed by atoms with E-state index < -0.39 is 36.7 Å². The molecule has 15 heavy (non-hydrogen) atoms. The van der Waals surface area contributed by atoms with Gasteiger partial charge in [0, 0.05) is 0 Å². The molecule has 0 aromatic carbocycles. The van der Waals surface area contributed by atoms with Crippen LogP contribution in [0.3, 0.4) is 0 Å². The molecule has 0 aromatic rings. The molecule has 0 radical (unpaired) electrons. The van der Waals surface area contributed by atoms with E-state index in [0.717, 1.165) is 0 Å². The van der Waals surface area contributed by atoms with Crippen LogP contribution in [0.4, 0.5) is 0 Å². The molecule has 0 aromatic heterocycles. The number of carbonyl (C=O) groups excluding carboxylic acids is 1. The zero-order valence-electron chi connectivity index (χ0n) is 7.90. The van der Waals surface area contributed by atoms with E-state index in [0.29, 0.717) is 0 Å². The summed E-state index contributed by atoms with van der Waals surface area (Å²) in [5.74, 6) is -1.77. The molecule has 0 bridgehead atoms. The largest absolute Gasteiger partial charge is 1.00 e. The average Bonchev–Trinajstić information content (AvgIpc) is 2.07. The molecule has 1 rings (SSSR count). The Labute approximate surface area is 107 Å². The van der Waals surface area contributed by atoms with Crippen LogP contribution in [0.25, 0.3) is 0 Å². The third kappa shape index (κ3) is 3.63. The molecule has 1 unspecified atom stereocenters. The van der Waals surface area contributed by atoms with Gasteiger partial charge in [-0.2, -0.15) is 0 Å². The first-order valence-corrected chi connectivity index (χ1v) is 3.53. The Balaban J connectivity index is 0. The van der Waals surface area contributed by atoms with Crippen LogP contribution in [0.5, 0.6) is 0 Å². The summed E-state index contributed by atoms with van der Waals surface area (Å²) in [5.41, 5.74) is 0. The van der Waals surface area contributed by atoms with Crippen LogP contribution in [0.2, 0.25) is 0 Å².